The molecule has 0 aromatic carbocycles. The van der Waals surface area contributed by atoms with Gasteiger partial charge in [-0.25, -0.2) is 0 Å². The van der Waals surface area contributed by atoms with Gasteiger partial charge in [-0.15, -0.1) is 0 Å². The third-order valence-electron chi connectivity index (χ3n) is 3.87. The van der Waals surface area contributed by atoms with E-state index in [0.717, 1.165) is 19.3 Å². The topological polar surface area (TPSA) is 27.7 Å². The molecule has 3 nitrogen and oxygen atoms in total. The second kappa shape index (κ2) is 7.20. The summed E-state index contributed by atoms with van der Waals surface area (Å²) in [5, 5.41) is 0. The van der Waals surface area contributed by atoms with Crippen molar-refractivity contribution in [2.75, 3.05) is 13.2 Å². The SMILES string of the molecule is CCC1(CCC[Si](C)(OC(C)C)OC(C)C)COC1. The van der Waals surface area contributed by atoms with Gasteiger partial charge < -0.3 is 13.6 Å². The number of hydrogen-bond acceptors (Lipinski definition) is 3. The Morgan fingerprint density at radius 1 is 1.11 bits per heavy atom. The van der Waals surface area contributed by atoms with E-state index in [-0.39, 0.29) is 12.2 Å². The van der Waals surface area contributed by atoms with Crippen LogP contribution in [0.15, 0.2) is 0 Å². The lowest BCUT2D eigenvalue weighted by Gasteiger charge is -2.41. The number of ether oxygens (including phenoxy) is 1. The van der Waals surface area contributed by atoms with Crippen LogP contribution < -0.4 is 0 Å². The van der Waals surface area contributed by atoms with Crippen molar-refractivity contribution in [3.63, 3.8) is 0 Å². The van der Waals surface area contributed by atoms with Crippen molar-refractivity contribution < 1.29 is 13.6 Å². The molecule has 1 aliphatic rings. The molecule has 0 aliphatic carbocycles. The van der Waals surface area contributed by atoms with Crippen LogP contribution in [0.3, 0.4) is 0 Å². The molecule has 0 unspecified atom stereocenters. The molecule has 0 aromatic rings. The average molecular weight is 289 g/mol. The van der Waals surface area contributed by atoms with Crippen molar-refractivity contribution in [2.45, 2.75) is 78.7 Å². The first-order valence-electron chi connectivity index (χ1n) is 7.74. The largest absolute Gasteiger partial charge is 0.392 e. The van der Waals surface area contributed by atoms with E-state index in [1.807, 2.05) is 0 Å². The Kier molecular flexibility index (Phi) is 6.50. The molecular weight excluding hydrogens is 256 g/mol. The van der Waals surface area contributed by atoms with E-state index in [9.17, 15) is 0 Å². The van der Waals surface area contributed by atoms with Crippen molar-refractivity contribution in [2.24, 2.45) is 5.41 Å². The third kappa shape index (κ3) is 5.54. The van der Waals surface area contributed by atoms with Gasteiger partial charge in [-0.05, 0) is 53.1 Å². The van der Waals surface area contributed by atoms with Crippen molar-refractivity contribution in [3.8, 4) is 0 Å². The van der Waals surface area contributed by atoms with Crippen LogP contribution in [0.25, 0.3) is 0 Å². The van der Waals surface area contributed by atoms with E-state index in [1.54, 1.807) is 0 Å². The lowest BCUT2D eigenvalue weighted by molar-refractivity contribution is -0.119. The summed E-state index contributed by atoms with van der Waals surface area (Å²) in [6.07, 6.45) is 4.17. The normalized spacial score (nSPS) is 18.9. The van der Waals surface area contributed by atoms with Gasteiger partial charge in [0, 0.05) is 17.6 Å². The molecule has 0 radical (unpaired) electrons. The van der Waals surface area contributed by atoms with Gasteiger partial charge >= 0.3 is 8.56 Å². The Morgan fingerprint density at radius 2 is 1.63 bits per heavy atom. The summed E-state index contributed by atoms with van der Waals surface area (Å²) in [5.74, 6) is 0. The van der Waals surface area contributed by atoms with Crippen LogP contribution in [0.4, 0.5) is 0 Å². The van der Waals surface area contributed by atoms with Crippen LogP contribution in [-0.2, 0) is 13.6 Å². The van der Waals surface area contributed by atoms with Gasteiger partial charge in [0.1, 0.15) is 0 Å². The monoisotopic (exact) mass is 288 g/mol. The molecule has 0 bridgehead atoms. The molecule has 1 aliphatic heterocycles. The molecule has 1 saturated heterocycles. The molecule has 4 heteroatoms. The smallest absolute Gasteiger partial charge is 0.335 e. The van der Waals surface area contributed by atoms with E-state index >= 15 is 0 Å². The van der Waals surface area contributed by atoms with Crippen LogP contribution in [0.2, 0.25) is 12.6 Å². The predicted octanol–water partition coefficient (Wildman–Crippen LogP) is 4.12. The van der Waals surface area contributed by atoms with Gasteiger partial charge in [0.05, 0.1) is 13.2 Å². The minimum atomic E-state index is -2.02. The second-order valence-corrected chi connectivity index (χ2v) is 9.91. The zero-order valence-electron chi connectivity index (χ0n) is 13.6. The molecule has 0 N–H and O–H groups in total. The minimum absolute atomic E-state index is 0.252. The lowest BCUT2D eigenvalue weighted by Crippen LogP contribution is -2.45. The molecule has 0 aromatic heterocycles. The van der Waals surface area contributed by atoms with Gasteiger partial charge in [-0.3, -0.25) is 0 Å². The maximum absolute atomic E-state index is 6.13. The average Bonchev–Trinajstić information content (AvgIpc) is 2.19. The maximum Gasteiger partial charge on any atom is 0.335 e. The summed E-state index contributed by atoms with van der Waals surface area (Å²) in [5.41, 5.74) is 0.449. The van der Waals surface area contributed by atoms with Gasteiger partial charge in [0.25, 0.3) is 0 Å². The fraction of sp³-hybridized carbons (Fsp3) is 1.00. The van der Waals surface area contributed by atoms with Crippen LogP contribution >= 0.6 is 0 Å². The first-order chi connectivity index (χ1) is 8.81. The maximum atomic E-state index is 6.13. The molecule has 0 amide bonds. The molecular formula is C15H32O3Si. The fourth-order valence-electron chi connectivity index (χ4n) is 2.84. The number of hydrogen-bond donors (Lipinski definition) is 0. The summed E-state index contributed by atoms with van der Waals surface area (Å²) >= 11 is 0. The van der Waals surface area contributed by atoms with Crippen molar-refractivity contribution in [3.05, 3.63) is 0 Å². The molecule has 1 rings (SSSR count). The lowest BCUT2D eigenvalue weighted by atomic mass is 9.79. The highest BCUT2D eigenvalue weighted by molar-refractivity contribution is 6.66. The van der Waals surface area contributed by atoms with E-state index < -0.39 is 8.56 Å². The molecule has 1 fully saturated rings. The molecule has 1 heterocycles. The Hall–Kier alpha value is 0.0969. The first kappa shape index (κ1) is 17.1. The molecule has 19 heavy (non-hydrogen) atoms. The van der Waals surface area contributed by atoms with Crippen LogP contribution in [-0.4, -0.2) is 34.0 Å². The highest BCUT2D eigenvalue weighted by Gasteiger charge is 2.39. The van der Waals surface area contributed by atoms with Crippen LogP contribution in [0, 0.1) is 5.41 Å². The van der Waals surface area contributed by atoms with Gasteiger partial charge in [0.2, 0.25) is 0 Å². The highest BCUT2D eigenvalue weighted by Crippen LogP contribution is 2.37. The molecule has 114 valence electrons. The Morgan fingerprint density at radius 3 is 1.95 bits per heavy atom. The zero-order valence-corrected chi connectivity index (χ0v) is 14.6. The predicted molar refractivity (Wildman–Crippen MR) is 81.6 cm³/mol. The Labute approximate surface area is 120 Å². The second-order valence-electron chi connectivity index (χ2n) is 6.67. The minimum Gasteiger partial charge on any atom is -0.392 e. The summed E-state index contributed by atoms with van der Waals surface area (Å²) in [4.78, 5) is 0. The van der Waals surface area contributed by atoms with E-state index in [2.05, 4.69) is 41.2 Å². The fourth-order valence-corrected chi connectivity index (χ4v) is 5.95. The van der Waals surface area contributed by atoms with Crippen molar-refractivity contribution in [1.82, 2.24) is 0 Å². The van der Waals surface area contributed by atoms with Gasteiger partial charge in [-0.1, -0.05) is 13.3 Å². The standard InChI is InChI=1S/C15H32O3Si/c1-7-15(11-16-12-15)9-8-10-19(6,17-13(2)3)18-14(4)5/h13-14H,7-12H2,1-6H3. The first-order valence-corrected chi connectivity index (χ1v) is 10.3. The quantitative estimate of drug-likeness (QED) is 0.597. The molecule has 0 saturated carbocycles. The number of rotatable bonds is 9. The van der Waals surface area contributed by atoms with E-state index in [4.69, 9.17) is 13.6 Å². The Bertz CT molecular complexity index is 247. The summed E-state index contributed by atoms with van der Waals surface area (Å²) < 4.78 is 17.7. The zero-order chi connectivity index (χ0) is 14.5. The van der Waals surface area contributed by atoms with Gasteiger partial charge in [-0.2, -0.15) is 0 Å². The van der Waals surface area contributed by atoms with E-state index in [0.29, 0.717) is 5.41 Å². The van der Waals surface area contributed by atoms with Crippen molar-refractivity contribution >= 4 is 8.56 Å². The van der Waals surface area contributed by atoms with Gasteiger partial charge in [0.15, 0.2) is 0 Å². The summed E-state index contributed by atoms with van der Waals surface area (Å²) in [6, 6.07) is 1.09. The molecule has 0 spiro atoms. The van der Waals surface area contributed by atoms with Crippen LogP contribution in [0.1, 0.15) is 53.9 Å². The Balaban J connectivity index is 2.43. The van der Waals surface area contributed by atoms with Crippen LogP contribution in [0.5, 0.6) is 0 Å². The molecule has 0 atom stereocenters. The van der Waals surface area contributed by atoms with E-state index in [1.165, 1.54) is 19.3 Å². The highest BCUT2D eigenvalue weighted by atomic mass is 28.4. The summed E-state index contributed by atoms with van der Waals surface area (Å²) in [6.45, 7) is 14.8. The van der Waals surface area contributed by atoms with Crippen molar-refractivity contribution in [1.29, 1.82) is 0 Å². The third-order valence-corrected chi connectivity index (χ3v) is 7.08. The summed E-state index contributed by atoms with van der Waals surface area (Å²) in [7, 11) is -2.02.